The first kappa shape index (κ1) is 22.2. The molecule has 0 aromatic heterocycles. The van der Waals surface area contributed by atoms with Gasteiger partial charge < -0.3 is 15.3 Å². The smallest absolute Gasteiger partial charge is 0.295 e. The van der Waals surface area contributed by atoms with Crippen molar-refractivity contribution in [1.82, 2.24) is 15.1 Å². The number of hydrogen-bond donors (Lipinski definition) is 2. The maximum atomic E-state index is 13.1. The summed E-state index contributed by atoms with van der Waals surface area (Å²) in [6.45, 7) is 9.07. The minimum atomic E-state index is -0.621. The van der Waals surface area contributed by atoms with E-state index >= 15 is 0 Å². The van der Waals surface area contributed by atoms with Gasteiger partial charge in [-0.15, -0.1) is 0 Å². The summed E-state index contributed by atoms with van der Waals surface area (Å²) in [4.78, 5) is 30.1. The van der Waals surface area contributed by atoms with Gasteiger partial charge in [0.2, 0.25) is 0 Å². The van der Waals surface area contributed by atoms with Crippen molar-refractivity contribution in [1.29, 1.82) is 0 Å². The van der Waals surface area contributed by atoms with Crippen molar-refractivity contribution in [2.75, 3.05) is 39.3 Å². The molecule has 2 saturated heterocycles. The van der Waals surface area contributed by atoms with Crippen LogP contribution in [0.5, 0.6) is 0 Å². The average molecular weight is 434 g/mol. The number of aliphatic hydroxyl groups excluding tert-OH is 1. The van der Waals surface area contributed by atoms with Gasteiger partial charge in [0.25, 0.3) is 11.7 Å². The largest absolute Gasteiger partial charge is 0.507 e. The number of ketones is 1. The Labute approximate surface area is 189 Å². The lowest BCUT2D eigenvalue weighted by molar-refractivity contribution is -0.140. The lowest BCUT2D eigenvalue weighted by Crippen LogP contribution is -2.46. The molecule has 1 amide bonds. The highest BCUT2D eigenvalue weighted by atomic mass is 16.3. The maximum absolute atomic E-state index is 13.1. The molecule has 32 heavy (non-hydrogen) atoms. The fourth-order valence-corrected chi connectivity index (χ4v) is 4.46. The van der Waals surface area contributed by atoms with Gasteiger partial charge in [-0.05, 0) is 17.0 Å². The van der Waals surface area contributed by atoms with Gasteiger partial charge in [0.05, 0.1) is 11.6 Å². The van der Waals surface area contributed by atoms with Crippen LogP contribution in [-0.2, 0) is 9.59 Å². The van der Waals surface area contributed by atoms with Crippen LogP contribution in [0, 0.1) is 0 Å². The number of nitrogens with zero attached hydrogens (tertiary/aromatic N) is 2. The van der Waals surface area contributed by atoms with Gasteiger partial charge in [-0.3, -0.25) is 14.5 Å². The first-order valence-electron chi connectivity index (χ1n) is 11.3. The molecule has 168 valence electrons. The molecule has 0 saturated carbocycles. The van der Waals surface area contributed by atoms with E-state index in [1.54, 1.807) is 17.0 Å². The molecule has 0 bridgehead atoms. The van der Waals surface area contributed by atoms with Crippen LogP contribution >= 0.6 is 0 Å². The highest BCUT2D eigenvalue weighted by Crippen LogP contribution is 2.39. The highest BCUT2D eigenvalue weighted by molar-refractivity contribution is 6.46. The van der Waals surface area contributed by atoms with Crippen molar-refractivity contribution in [2.45, 2.75) is 25.8 Å². The van der Waals surface area contributed by atoms with Gasteiger partial charge in [-0.25, -0.2) is 0 Å². The third-order valence-electron chi connectivity index (χ3n) is 6.37. The number of hydrogen-bond acceptors (Lipinski definition) is 5. The van der Waals surface area contributed by atoms with Crippen molar-refractivity contribution in [2.24, 2.45) is 0 Å². The molecular weight excluding hydrogens is 402 g/mol. The first-order valence-corrected chi connectivity index (χ1v) is 11.3. The van der Waals surface area contributed by atoms with E-state index < -0.39 is 17.7 Å². The number of piperazine rings is 1. The summed E-state index contributed by atoms with van der Waals surface area (Å²) in [5.74, 6) is -0.904. The first-order chi connectivity index (χ1) is 15.5. The van der Waals surface area contributed by atoms with Gasteiger partial charge >= 0.3 is 0 Å². The predicted octanol–water partition coefficient (Wildman–Crippen LogP) is 3.14. The summed E-state index contributed by atoms with van der Waals surface area (Å²) in [5, 5.41) is 14.4. The molecule has 1 unspecified atom stereocenters. The fraction of sp³-hybridized carbons (Fsp3) is 0.385. The Balaban J connectivity index is 1.72. The molecule has 2 aliphatic rings. The lowest BCUT2D eigenvalue weighted by Gasteiger charge is -2.31. The van der Waals surface area contributed by atoms with E-state index in [1.807, 2.05) is 42.5 Å². The molecule has 4 rings (SSSR count). The van der Waals surface area contributed by atoms with Crippen LogP contribution in [-0.4, -0.2) is 65.9 Å². The second-order valence-electron chi connectivity index (χ2n) is 8.77. The van der Waals surface area contributed by atoms with Crippen LogP contribution in [0.4, 0.5) is 0 Å². The second kappa shape index (κ2) is 9.67. The SMILES string of the molecule is CC(C)c1ccc(C2C(=C(O)c3ccccc3)C(=O)C(=O)N2CCN2CCNCC2)cc1. The number of carbonyl (C=O) groups is 2. The summed E-state index contributed by atoms with van der Waals surface area (Å²) in [6.07, 6.45) is 0. The summed E-state index contributed by atoms with van der Waals surface area (Å²) < 4.78 is 0. The van der Waals surface area contributed by atoms with E-state index in [-0.39, 0.29) is 11.3 Å². The van der Waals surface area contributed by atoms with Gasteiger partial charge in [-0.1, -0.05) is 68.4 Å². The Kier molecular flexibility index (Phi) is 6.72. The Hall–Kier alpha value is -2.96. The third kappa shape index (κ3) is 4.47. The molecule has 2 aromatic rings. The van der Waals surface area contributed by atoms with Crippen molar-refractivity contribution in [3.05, 3.63) is 76.9 Å². The maximum Gasteiger partial charge on any atom is 0.295 e. The zero-order valence-corrected chi connectivity index (χ0v) is 18.8. The van der Waals surface area contributed by atoms with Crippen molar-refractivity contribution >= 4 is 17.4 Å². The molecule has 2 heterocycles. The van der Waals surface area contributed by atoms with Crippen LogP contribution in [0.25, 0.3) is 5.76 Å². The number of likely N-dealkylation sites (tertiary alicyclic amines) is 1. The van der Waals surface area contributed by atoms with E-state index in [0.717, 1.165) is 31.7 Å². The van der Waals surface area contributed by atoms with Crippen LogP contribution in [0.2, 0.25) is 0 Å². The lowest BCUT2D eigenvalue weighted by atomic mass is 9.93. The van der Waals surface area contributed by atoms with E-state index in [1.165, 1.54) is 5.56 Å². The van der Waals surface area contributed by atoms with Crippen LogP contribution in [0.3, 0.4) is 0 Å². The highest BCUT2D eigenvalue weighted by Gasteiger charge is 2.46. The van der Waals surface area contributed by atoms with Gasteiger partial charge in [-0.2, -0.15) is 0 Å². The van der Waals surface area contributed by atoms with Crippen molar-refractivity contribution in [3.63, 3.8) is 0 Å². The minimum Gasteiger partial charge on any atom is -0.507 e. The molecule has 2 aliphatic heterocycles. The van der Waals surface area contributed by atoms with Crippen LogP contribution in [0.15, 0.2) is 60.2 Å². The number of aliphatic hydroxyl groups is 1. The normalized spacial score (nSPS) is 21.5. The second-order valence-corrected chi connectivity index (χ2v) is 8.77. The predicted molar refractivity (Wildman–Crippen MR) is 125 cm³/mol. The molecule has 2 fully saturated rings. The summed E-state index contributed by atoms with van der Waals surface area (Å²) in [5.41, 5.74) is 2.73. The quantitative estimate of drug-likeness (QED) is 0.416. The van der Waals surface area contributed by atoms with E-state index in [0.29, 0.717) is 24.6 Å². The zero-order valence-electron chi connectivity index (χ0n) is 18.8. The number of benzene rings is 2. The molecule has 2 aromatic carbocycles. The molecule has 6 nitrogen and oxygen atoms in total. The fourth-order valence-electron chi connectivity index (χ4n) is 4.46. The van der Waals surface area contributed by atoms with Crippen molar-refractivity contribution < 1.29 is 14.7 Å². The Bertz CT molecular complexity index is 993. The zero-order chi connectivity index (χ0) is 22.7. The topological polar surface area (TPSA) is 72.9 Å². The summed E-state index contributed by atoms with van der Waals surface area (Å²) >= 11 is 0. The average Bonchev–Trinajstić information content (AvgIpc) is 3.08. The molecule has 2 N–H and O–H groups in total. The van der Waals surface area contributed by atoms with Crippen LogP contribution in [0.1, 0.15) is 42.5 Å². The number of Topliss-reactive ketones (excluding diaryl/α,β-unsaturated/α-hetero) is 1. The minimum absolute atomic E-state index is 0.119. The van der Waals surface area contributed by atoms with E-state index in [4.69, 9.17) is 0 Å². The third-order valence-corrected chi connectivity index (χ3v) is 6.37. The number of rotatable bonds is 6. The molecule has 1 atom stereocenters. The monoisotopic (exact) mass is 433 g/mol. The molecule has 6 heteroatoms. The molecule has 0 aliphatic carbocycles. The van der Waals surface area contributed by atoms with E-state index in [2.05, 4.69) is 24.1 Å². The van der Waals surface area contributed by atoms with Gasteiger partial charge in [0, 0.05) is 44.8 Å². The summed E-state index contributed by atoms with van der Waals surface area (Å²) in [7, 11) is 0. The standard InChI is InChI=1S/C26H31N3O3/c1-18(2)19-8-10-20(11-9-19)23-22(24(30)21-6-4-3-5-7-21)25(31)26(32)29(23)17-16-28-14-12-27-13-15-28/h3-11,18,23,27,30H,12-17H2,1-2H3. The van der Waals surface area contributed by atoms with Crippen molar-refractivity contribution in [3.8, 4) is 0 Å². The molecule has 0 spiro atoms. The number of carbonyl (C=O) groups excluding carboxylic acids is 2. The van der Waals surface area contributed by atoms with Gasteiger partial charge in [0.15, 0.2) is 0 Å². The number of nitrogens with one attached hydrogen (secondary N) is 1. The molecular formula is C26H31N3O3. The Morgan fingerprint density at radius 2 is 1.66 bits per heavy atom. The van der Waals surface area contributed by atoms with Crippen LogP contribution < -0.4 is 5.32 Å². The Morgan fingerprint density at radius 1 is 1.00 bits per heavy atom. The molecule has 0 radical (unpaired) electrons. The van der Waals surface area contributed by atoms with E-state index in [9.17, 15) is 14.7 Å². The summed E-state index contributed by atoms with van der Waals surface area (Å²) in [6, 6.07) is 16.4. The number of amides is 1. The Morgan fingerprint density at radius 3 is 2.28 bits per heavy atom. The van der Waals surface area contributed by atoms with Gasteiger partial charge in [0.1, 0.15) is 5.76 Å².